The van der Waals surface area contributed by atoms with Crippen molar-refractivity contribution in [3.63, 3.8) is 0 Å². The van der Waals surface area contributed by atoms with Crippen LogP contribution in [0.5, 0.6) is 0 Å². The molecule has 1 aliphatic heterocycles. The summed E-state index contributed by atoms with van der Waals surface area (Å²) in [6.07, 6.45) is 1.61. The second-order valence-corrected chi connectivity index (χ2v) is 5.71. The summed E-state index contributed by atoms with van der Waals surface area (Å²) in [7, 11) is 0. The van der Waals surface area contributed by atoms with Crippen molar-refractivity contribution in [2.45, 2.75) is 6.92 Å². The molecule has 2 heterocycles. The first kappa shape index (κ1) is 15.9. The molecule has 0 spiro atoms. The third kappa shape index (κ3) is 4.25. The Hall–Kier alpha value is -1.47. The second kappa shape index (κ2) is 7.51. The summed E-state index contributed by atoms with van der Waals surface area (Å²) < 4.78 is 0.708. The molecule has 1 aromatic rings. The van der Waals surface area contributed by atoms with Crippen LogP contribution >= 0.6 is 15.9 Å². The highest BCUT2D eigenvalue weighted by atomic mass is 79.9. The number of carbonyl (C=O) groups is 2. The van der Waals surface area contributed by atoms with Gasteiger partial charge in [-0.15, -0.1) is 0 Å². The van der Waals surface area contributed by atoms with E-state index in [-0.39, 0.29) is 11.8 Å². The van der Waals surface area contributed by atoms with Crippen LogP contribution in [0.3, 0.4) is 0 Å². The van der Waals surface area contributed by atoms with Gasteiger partial charge in [-0.2, -0.15) is 0 Å². The fourth-order valence-corrected chi connectivity index (χ4v) is 2.68. The lowest BCUT2D eigenvalue weighted by Crippen LogP contribution is -2.51. The topological polar surface area (TPSA) is 65.5 Å². The van der Waals surface area contributed by atoms with Crippen LogP contribution < -0.4 is 5.32 Å². The predicted octanol–water partition coefficient (Wildman–Crippen LogP) is 0.738. The maximum absolute atomic E-state index is 12.4. The summed E-state index contributed by atoms with van der Waals surface area (Å²) in [5.41, 5.74) is 0.440. The highest BCUT2D eigenvalue weighted by molar-refractivity contribution is 9.10. The Morgan fingerprint density at radius 2 is 2.05 bits per heavy atom. The maximum Gasteiger partial charge on any atom is 0.273 e. The third-order valence-corrected chi connectivity index (χ3v) is 4.00. The molecule has 0 saturated carbocycles. The zero-order valence-corrected chi connectivity index (χ0v) is 13.6. The van der Waals surface area contributed by atoms with E-state index in [1.165, 1.54) is 0 Å². The molecular formula is C14H19BrN4O2. The number of aromatic nitrogens is 1. The number of halogens is 1. The molecule has 0 bridgehead atoms. The van der Waals surface area contributed by atoms with Crippen LogP contribution in [-0.4, -0.2) is 65.9 Å². The molecule has 1 aromatic heterocycles. The average Bonchev–Trinajstić information content (AvgIpc) is 2.48. The molecule has 1 aliphatic rings. The van der Waals surface area contributed by atoms with Crippen LogP contribution in [-0.2, 0) is 4.79 Å². The lowest BCUT2D eigenvalue weighted by molar-refractivity contribution is -0.122. The smallest absolute Gasteiger partial charge is 0.273 e. The largest absolute Gasteiger partial charge is 0.355 e. The van der Waals surface area contributed by atoms with Crippen LogP contribution in [0.1, 0.15) is 17.4 Å². The molecule has 2 amide bonds. The number of carbonyl (C=O) groups excluding carboxylic acids is 2. The summed E-state index contributed by atoms with van der Waals surface area (Å²) in [6, 6.07) is 3.59. The summed E-state index contributed by atoms with van der Waals surface area (Å²) in [4.78, 5) is 31.9. The maximum atomic E-state index is 12.4. The first-order chi connectivity index (χ1) is 10.1. The number of rotatable bonds is 4. The van der Waals surface area contributed by atoms with Gasteiger partial charge in [0.25, 0.3) is 5.91 Å². The van der Waals surface area contributed by atoms with E-state index in [1.807, 2.05) is 13.0 Å². The van der Waals surface area contributed by atoms with E-state index in [2.05, 4.69) is 31.1 Å². The van der Waals surface area contributed by atoms with Gasteiger partial charge >= 0.3 is 0 Å². The number of hydrogen-bond acceptors (Lipinski definition) is 4. The van der Waals surface area contributed by atoms with Gasteiger partial charge < -0.3 is 10.2 Å². The van der Waals surface area contributed by atoms with Crippen molar-refractivity contribution in [2.24, 2.45) is 0 Å². The molecule has 0 aromatic carbocycles. The highest BCUT2D eigenvalue weighted by Gasteiger charge is 2.24. The van der Waals surface area contributed by atoms with Gasteiger partial charge in [-0.1, -0.05) is 0 Å². The van der Waals surface area contributed by atoms with Gasteiger partial charge in [0.15, 0.2) is 0 Å². The van der Waals surface area contributed by atoms with Crippen molar-refractivity contribution in [1.82, 2.24) is 20.1 Å². The summed E-state index contributed by atoms with van der Waals surface area (Å²) in [5.74, 6) is -0.0371. The molecule has 1 saturated heterocycles. The highest BCUT2D eigenvalue weighted by Crippen LogP contribution is 2.16. The minimum atomic E-state index is -0.0693. The number of nitrogens with one attached hydrogen (secondary N) is 1. The first-order valence-corrected chi connectivity index (χ1v) is 7.80. The van der Waals surface area contributed by atoms with E-state index < -0.39 is 0 Å². The van der Waals surface area contributed by atoms with Crippen molar-refractivity contribution in [1.29, 1.82) is 0 Å². The minimum absolute atomic E-state index is 0.0322. The molecule has 0 radical (unpaired) electrons. The third-order valence-electron chi connectivity index (χ3n) is 3.36. The van der Waals surface area contributed by atoms with Gasteiger partial charge in [-0.05, 0) is 35.0 Å². The first-order valence-electron chi connectivity index (χ1n) is 7.00. The van der Waals surface area contributed by atoms with Gasteiger partial charge in [0, 0.05) is 43.4 Å². The zero-order valence-electron chi connectivity index (χ0n) is 12.0. The fourth-order valence-electron chi connectivity index (χ4n) is 2.26. The van der Waals surface area contributed by atoms with Gasteiger partial charge in [-0.25, -0.2) is 4.98 Å². The Labute approximate surface area is 132 Å². The average molecular weight is 355 g/mol. The molecule has 114 valence electrons. The molecule has 2 rings (SSSR count). The van der Waals surface area contributed by atoms with Crippen LogP contribution in [0.2, 0.25) is 0 Å². The molecule has 7 heteroatoms. The number of amides is 2. The van der Waals surface area contributed by atoms with Gasteiger partial charge in [0.2, 0.25) is 5.91 Å². The molecule has 21 heavy (non-hydrogen) atoms. The standard InChI is InChI=1S/C14H19BrN4O2/c1-2-16-12(20)10-18-6-8-19(9-7-18)14(21)13-11(15)4-3-5-17-13/h3-5H,2,6-10H2,1H3,(H,16,20). The van der Waals surface area contributed by atoms with Crippen molar-refractivity contribution in [2.75, 3.05) is 39.3 Å². The molecule has 1 fully saturated rings. The number of likely N-dealkylation sites (N-methyl/N-ethyl adjacent to an activating group) is 1. The number of hydrogen-bond donors (Lipinski definition) is 1. The molecule has 1 N–H and O–H groups in total. The van der Waals surface area contributed by atoms with Crippen LogP contribution in [0.4, 0.5) is 0 Å². The Kier molecular flexibility index (Phi) is 5.69. The lowest BCUT2D eigenvalue weighted by Gasteiger charge is -2.34. The van der Waals surface area contributed by atoms with Crippen molar-refractivity contribution < 1.29 is 9.59 Å². The number of nitrogens with zero attached hydrogens (tertiary/aromatic N) is 3. The van der Waals surface area contributed by atoms with Crippen LogP contribution in [0, 0.1) is 0 Å². The van der Waals surface area contributed by atoms with Crippen molar-refractivity contribution >= 4 is 27.7 Å². The van der Waals surface area contributed by atoms with Gasteiger partial charge in [-0.3, -0.25) is 14.5 Å². The molecule has 0 atom stereocenters. The Bertz CT molecular complexity index is 515. The van der Waals surface area contributed by atoms with Crippen molar-refractivity contribution in [3.8, 4) is 0 Å². The summed E-state index contributed by atoms with van der Waals surface area (Å²) >= 11 is 3.35. The normalized spacial score (nSPS) is 15.8. The van der Waals surface area contributed by atoms with E-state index in [4.69, 9.17) is 0 Å². The Balaban J connectivity index is 1.88. The molecule has 6 nitrogen and oxygen atoms in total. The monoisotopic (exact) mass is 354 g/mol. The Morgan fingerprint density at radius 1 is 1.33 bits per heavy atom. The van der Waals surface area contributed by atoms with E-state index >= 15 is 0 Å². The molecular weight excluding hydrogens is 336 g/mol. The quantitative estimate of drug-likeness (QED) is 0.865. The van der Waals surface area contributed by atoms with E-state index in [1.54, 1.807) is 17.2 Å². The van der Waals surface area contributed by atoms with Crippen LogP contribution in [0.25, 0.3) is 0 Å². The van der Waals surface area contributed by atoms with E-state index in [0.29, 0.717) is 49.4 Å². The summed E-state index contributed by atoms with van der Waals surface area (Å²) in [5, 5.41) is 2.78. The minimum Gasteiger partial charge on any atom is -0.355 e. The summed E-state index contributed by atoms with van der Waals surface area (Å²) in [6.45, 7) is 5.57. The SMILES string of the molecule is CCNC(=O)CN1CCN(C(=O)c2ncccc2Br)CC1. The number of pyridine rings is 1. The number of piperazine rings is 1. The Morgan fingerprint density at radius 3 is 2.67 bits per heavy atom. The van der Waals surface area contributed by atoms with Crippen LogP contribution in [0.15, 0.2) is 22.8 Å². The van der Waals surface area contributed by atoms with E-state index in [0.717, 1.165) is 0 Å². The lowest BCUT2D eigenvalue weighted by atomic mass is 10.2. The van der Waals surface area contributed by atoms with E-state index in [9.17, 15) is 9.59 Å². The van der Waals surface area contributed by atoms with Crippen molar-refractivity contribution in [3.05, 3.63) is 28.5 Å². The molecule has 0 aliphatic carbocycles. The van der Waals surface area contributed by atoms with Gasteiger partial charge in [0.05, 0.1) is 6.54 Å². The molecule has 0 unspecified atom stereocenters. The fraction of sp³-hybridized carbons (Fsp3) is 0.500. The van der Waals surface area contributed by atoms with Gasteiger partial charge in [0.1, 0.15) is 5.69 Å². The second-order valence-electron chi connectivity index (χ2n) is 4.86. The zero-order chi connectivity index (χ0) is 15.2. The predicted molar refractivity (Wildman–Crippen MR) is 83.0 cm³/mol.